The number of carbonyl (C=O) groups is 2. The van der Waals surface area contributed by atoms with Gasteiger partial charge < -0.3 is 10.8 Å². The van der Waals surface area contributed by atoms with Gasteiger partial charge in [0.1, 0.15) is 11.9 Å². The number of rotatable bonds is 14. The van der Waals surface area contributed by atoms with Gasteiger partial charge in [-0.3, -0.25) is 19.9 Å². The highest BCUT2D eigenvalue weighted by atomic mass is 16.4. The summed E-state index contributed by atoms with van der Waals surface area (Å²) in [6.07, 6.45) is 3.17. The number of hydrogen-bond acceptors (Lipinski definition) is 10. The predicted molar refractivity (Wildman–Crippen MR) is 163 cm³/mol. The lowest BCUT2D eigenvalue weighted by molar-refractivity contribution is -0.138. The average molecular weight is 602 g/mol. The number of hydrazine groups is 1. The highest BCUT2D eigenvalue weighted by molar-refractivity contribution is 5.80. The van der Waals surface area contributed by atoms with Gasteiger partial charge in [0.2, 0.25) is 11.7 Å². The summed E-state index contributed by atoms with van der Waals surface area (Å²) in [5.41, 5.74) is 12.5. The second-order valence-electron chi connectivity index (χ2n) is 11.0. The molecule has 0 spiro atoms. The third-order valence-corrected chi connectivity index (χ3v) is 7.68. The van der Waals surface area contributed by atoms with E-state index in [9.17, 15) is 9.59 Å². The molecule has 5 rings (SSSR count). The Morgan fingerprint density at radius 2 is 1.80 bits per heavy atom. The number of aryl methyl sites for hydroxylation is 1. The number of benzene rings is 2. The molecule has 1 amide bonds. The number of aromatic nitrogens is 7. The molecule has 5 N–H and O–H groups in total. The molecule has 2 aromatic heterocycles. The maximum absolute atomic E-state index is 12.2. The van der Waals surface area contributed by atoms with Crippen molar-refractivity contribution in [3.8, 4) is 22.5 Å². The molecule has 1 atom stereocenters. The fraction of sp³-hybridized carbons (Fsp3) is 0.433. The maximum atomic E-state index is 12.2. The molecular weight excluding hydrogens is 562 g/mol. The number of nitrogens with one attached hydrogen (secondary N) is 2. The van der Waals surface area contributed by atoms with Crippen molar-refractivity contribution in [3.63, 3.8) is 0 Å². The molecule has 2 aromatic carbocycles. The Balaban J connectivity index is 1.18. The van der Waals surface area contributed by atoms with Gasteiger partial charge in [-0.05, 0) is 34.7 Å². The van der Waals surface area contributed by atoms with Crippen molar-refractivity contribution in [1.82, 2.24) is 50.7 Å². The highest BCUT2D eigenvalue weighted by Crippen LogP contribution is 2.29. The molecular formula is C30H39N11O3. The van der Waals surface area contributed by atoms with Crippen molar-refractivity contribution >= 4 is 11.9 Å². The van der Waals surface area contributed by atoms with Crippen molar-refractivity contribution < 1.29 is 14.7 Å². The van der Waals surface area contributed by atoms with E-state index in [1.165, 1.54) is 0 Å². The monoisotopic (exact) mass is 601 g/mol. The number of hydrogen-bond donors (Lipinski definition) is 4. The number of unbranched alkanes of at least 4 members (excludes halogenated alkanes) is 1. The van der Waals surface area contributed by atoms with Crippen LogP contribution in [0.3, 0.4) is 0 Å². The lowest BCUT2D eigenvalue weighted by Gasteiger charge is -2.34. The summed E-state index contributed by atoms with van der Waals surface area (Å²) in [5, 5.41) is 30.2. The van der Waals surface area contributed by atoms with Crippen LogP contribution in [-0.4, -0.2) is 94.5 Å². The minimum atomic E-state index is -1.10. The Morgan fingerprint density at radius 1 is 1.05 bits per heavy atom. The molecule has 1 saturated heterocycles. The number of carbonyl (C=O) groups excluding carboxylic acids is 1. The summed E-state index contributed by atoms with van der Waals surface area (Å²) < 4.78 is 2.02. The third-order valence-electron chi connectivity index (χ3n) is 7.68. The van der Waals surface area contributed by atoms with Gasteiger partial charge in [-0.1, -0.05) is 61.9 Å². The van der Waals surface area contributed by atoms with Crippen LogP contribution in [0, 0.1) is 0 Å². The summed E-state index contributed by atoms with van der Waals surface area (Å²) >= 11 is 0. The van der Waals surface area contributed by atoms with Gasteiger partial charge >= 0.3 is 5.97 Å². The molecule has 44 heavy (non-hydrogen) atoms. The van der Waals surface area contributed by atoms with Crippen LogP contribution in [0.15, 0.2) is 48.5 Å². The average Bonchev–Trinajstić information content (AvgIpc) is 3.70. The standard InChI is InChI=1S/C30H39N11O3/c1-2-3-8-27-32-26(20-39-15-17-40(18-16-39)36-28(42)14-13-25(31)30(43)44)35-41(27)19-21-9-11-22(12-10-21)23-6-4-5-7-24(23)29-33-37-38-34-29/h4-7,9-12,25H,2-3,8,13-20,31H2,1H3,(H,36,42)(H,43,44)(H,33,34,37,38). The normalized spacial score (nSPS) is 14.9. The SMILES string of the molecule is CCCCc1nc(CN2CCN(NC(=O)CCC(N)C(=O)O)CC2)nn1Cc1ccc(-c2ccccc2-c2nn[nH]n2)cc1. The summed E-state index contributed by atoms with van der Waals surface area (Å²) in [5.74, 6) is 1.02. The number of tetrazole rings is 1. The van der Waals surface area contributed by atoms with Crippen LogP contribution in [0.4, 0.5) is 0 Å². The Bertz CT molecular complexity index is 1510. The number of aromatic amines is 1. The van der Waals surface area contributed by atoms with Crippen LogP contribution in [0.1, 0.15) is 49.8 Å². The molecule has 0 radical (unpaired) electrons. The molecule has 0 aliphatic carbocycles. The summed E-state index contributed by atoms with van der Waals surface area (Å²) in [6, 6.07) is 15.4. The Morgan fingerprint density at radius 3 is 2.48 bits per heavy atom. The van der Waals surface area contributed by atoms with Crippen LogP contribution >= 0.6 is 0 Å². The van der Waals surface area contributed by atoms with Crippen LogP contribution < -0.4 is 11.2 Å². The van der Waals surface area contributed by atoms with E-state index in [4.69, 9.17) is 20.9 Å². The molecule has 1 aliphatic rings. The van der Waals surface area contributed by atoms with E-state index in [2.05, 4.69) is 68.2 Å². The Kier molecular flexibility index (Phi) is 10.4. The first kappa shape index (κ1) is 30.9. The number of carboxylic acids is 1. The first-order valence-corrected chi connectivity index (χ1v) is 15.0. The minimum absolute atomic E-state index is 0.0753. The fourth-order valence-electron chi connectivity index (χ4n) is 5.17. The van der Waals surface area contributed by atoms with Gasteiger partial charge in [-0.15, -0.1) is 10.2 Å². The molecule has 14 heteroatoms. The molecule has 4 aromatic rings. The van der Waals surface area contributed by atoms with E-state index in [0.29, 0.717) is 32.0 Å². The zero-order chi connectivity index (χ0) is 30.9. The zero-order valence-corrected chi connectivity index (χ0v) is 24.9. The second-order valence-corrected chi connectivity index (χ2v) is 11.0. The number of carboxylic acid groups (broad SMARTS) is 1. The number of aliphatic carboxylic acids is 1. The largest absolute Gasteiger partial charge is 0.480 e. The number of H-pyrrole nitrogens is 1. The van der Waals surface area contributed by atoms with Gasteiger partial charge in [0.05, 0.1) is 13.1 Å². The van der Waals surface area contributed by atoms with E-state index in [-0.39, 0.29) is 18.7 Å². The van der Waals surface area contributed by atoms with Crippen LogP contribution in [0.5, 0.6) is 0 Å². The highest BCUT2D eigenvalue weighted by Gasteiger charge is 2.22. The van der Waals surface area contributed by atoms with Gasteiger partial charge in [0.25, 0.3) is 0 Å². The third kappa shape index (κ3) is 8.09. The Hall–Kier alpha value is -4.53. The molecule has 1 unspecified atom stereocenters. The lowest BCUT2D eigenvalue weighted by atomic mass is 9.98. The Labute approximate surface area is 255 Å². The topological polar surface area (TPSA) is 184 Å². The van der Waals surface area contributed by atoms with Crippen molar-refractivity contribution in [2.24, 2.45) is 5.73 Å². The first-order valence-electron chi connectivity index (χ1n) is 15.0. The van der Waals surface area contributed by atoms with Gasteiger partial charge in [-0.2, -0.15) is 10.3 Å². The number of piperazine rings is 1. The molecule has 1 aliphatic heterocycles. The molecule has 3 heterocycles. The smallest absolute Gasteiger partial charge is 0.320 e. The summed E-state index contributed by atoms with van der Waals surface area (Å²) in [4.78, 5) is 30.3. The van der Waals surface area contributed by atoms with Crippen molar-refractivity contribution in [3.05, 3.63) is 65.7 Å². The number of nitrogens with zero attached hydrogens (tertiary/aromatic N) is 8. The summed E-state index contributed by atoms with van der Waals surface area (Å²) in [7, 11) is 0. The van der Waals surface area contributed by atoms with Crippen LogP contribution in [-0.2, 0) is 29.1 Å². The number of amides is 1. The van der Waals surface area contributed by atoms with E-state index in [0.717, 1.165) is 66.3 Å². The molecule has 14 nitrogen and oxygen atoms in total. The van der Waals surface area contributed by atoms with Crippen molar-refractivity contribution in [2.75, 3.05) is 26.2 Å². The predicted octanol–water partition coefficient (Wildman–Crippen LogP) is 1.86. The fourth-order valence-corrected chi connectivity index (χ4v) is 5.17. The quantitative estimate of drug-likeness (QED) is 0.165. The second kappa shape index (κ2) is 14.8. The van der Waals surface area contributed by atoms with Crippen molar-refractivity contribution in [2.45, 2.75) is 58.2 Å². The van der Waals surface area contributed by atoms with E-state index in [1.807, 2.05) is 27.9 Å². The van der Waals surface area contributed by atoms with Crippen molar-refractivity contribution in [1.29, 1.82) is 0 Å². The van der Waals surface area contributed by atoms with Gasteiger partial charge in [-0.25, -0.2) is 14.7 Å². The first-order chi connectivity index (χ1) is 21.4. The number of nitrogens with two attached hydrogens (primary N) is 1. The maximum Gasteiger partial charge on any atom is 0.320 e. The van der Waals surface area contributed by atoms with E-state index < -0.39 is 12.0 Å². The molecule has 0 saturated carbocycles. The van der Waals surface area contributed by atoms with E-state index >= 15 is 0 Å². The molecule has 1 fully saturated rings. The minimum Gasteiger partial charge on any atom is -0.480 e. The van der Waals surface area contributed by atoms with E-state index in [1.54, 1.807) is 0 Å². The molecule has 232 valence electrons. The van der Waals surface area contributed by atoms with Gasteiger partial charge in [0.15, 0.2) is 5.82 Å². The zero-order valence-electron chi connectivity index (χ0n) is 24.9. The van der Waals surface area contributed by atoms with Gasteiger partial charge in [0, 0.05) is 44.6 Å². The lowest BCUT2D eigenvalue weighted by Crippen LogP contribution is -2.53. The molecule has 0 bridgehead atoms. The summed E-state index contributed by atoms with van der Waals surface area (Å²) in [6.45, 7) is 6.24. The van der Waals surface area contributed by atoms with Crippen LogP contribution in [0.2, 0.25) is 0 Å². The van der Waals surface area contributed by atoms with Crippen LogP contribution in [0.25, 0.3) is 22.5 Å².